The smallest absolute Gasteiger partial charge is 0.226 e. The Hall–Kier alpha value is -1.20. The van der Waals surface area contributed by atoms with Gasteiger partial charge in [0.1, 0.15) is 11.6 Å². The SMILES string of the molecule is Cl.O=C(C1CC1c1c(F)cccc1F)N1CCC2(CCNC2)CC1. The molecule has 3 fully saturated rings. The van der Waals surface area contributed by atoms with Gasteiger partial charge in [-0.3, -0.25) is 4.79 Å². The highest BCUT2D eigenvalue weighted by atomic mass is 35.5. The number of benzene rings is 1. The van der Waals surface area contributed by atoms with Gasteiger partial charge in [-0.1, -0.05) is 6.07 Å². The van der Waals surface area contributed by atoms with Gasteiger partial charge in [0.2, 0.25) is 5.91 Å². The van der Waals surface area contributed by atoms with E-state index in [9.17, 15) is 13.6 Å². The molecule has 1 amide bonds. The van der Waals surface area contributed by atoms with E-state index in [0.717, 1.165) is 39.0 Å². The van der Waals surface area contributed by atoms with Crippen LogP contribution in [-0.2, 0) is 4.79 Å². The monoisotopic (exact) mass is 356 g/mol. The number of rotatable bonds is 2. The van der Waals surface area contributed by atoms with Crippen LogP contribution in [0.25, 0.3) is 0 Å². The molecule has 24 heavy (non-hydrogen) atoms. The summed E-state index contributed by atoms with van der Waals surface area (Å²) in [6.45, 7) is 3.69. The Kier molecular flexibility index (Phi) is 4.85. The van der Waals surface area contributed by atoms with Gasteiger partial charge in [0.25, 0.3) is 0 Å². The number of nitrogens with one attached hydrogen (secondary N) is 1. The van der Waals surface area contributed by atoms with E-state index in [2.05, 4.69) is 5.32 Å². The fraction of sp³-hybridized carbons (Fsp3) is 0.611. The Morgan fingerprint density at radius 3 is 2.42 bits per heavy atom. The van der Waals surface area contributed by atoms with Crippen molar-refractivity contribution < 1.29 is 13.6 Å². The van der Waals surface area contributed by atoms with Crippen LogP contribution in [0, 0.1) is 23.0 Å². The lowest BCUT2D eigenvalue weighted by Gasteiger charge is -2.39. The van der Waals surface area contributed by atoms with E-state index in [1.807, 2.05) is 4.90 Å². The van der Waals surface area contributed by atoms with Gasteiger partial charge < -0.3 is 10.2 Å². The zero-order valence-corrected chi connectivity index (χ0v) is 14.4. The van der Waals surface area contributed by atoms with Crippen LogP contribution in [0.1, 0.15) is 37.2 Å². The van der Waals surface area contributed by atoms with Crippen LogP contribution in [0.2, 0.25) is 0 Å². The topological polar surface area (TPSA) is 32.3 Å². The van der Waals surface area contributed by atoms with Crippen molar-refractivity contribution in [2.24, 2.45) is 11.3 Å². The number of hydrogen-bond donors (Lipinski definition) is 1. The van der Waals surface area contributed by atoms with Crippen LogP contribution >= 0.6 is 12.4 Å². The van der Waals surface area contributed by atoms with E-state index in [-0.39, 0.29) is 35.7 Å². The second-order valence-corrected chi connectivity index (χ2v) is 7.34. The number of carbonyl (C=O) groups excluding carboxylic acids is 1. The first-order valence-corrected chi connectivity index (χ1v) is 8.53. The van der Waals surface area contributed by atoms with Gasteiger partial charge in [-0.2, -0.15) is 0 Å². The van der Waals surface area contributed by atoms with Crippen LogP contribution in [0.4, 0.5) is 8.78 Å². The third kappa shape index (κ3) is 3.04. The minimum absolute atomic E-state index is 0. The van der Waals surface area contributed by atoms with E-state index < -0.39 is 11.6 Å². The maximum Gasteiger partial charge on any atom is 0.226 e. The van der Waals surface area contributed by atoms with Gasteiger partial charge in [-0.15, -0.1) is 12.4 Å². The van der Waals surface area contributed by atoms with Gasteiger partial charge in [-0.25, -0.2) is 8.78 Å². The average Bonchev–Trinajstić information content (AvgIpc) is 3.20. The van der Waals surface area contributed by atoms with Crippen molar-refractivity contribution in [3.05, 3.63) is 35.4 Å². The summed E-state index contributed by atoms with van der Waals surface area (Å²) in [5.41, 5.74) is 0.469. The Labute approximate surface area is 147 Å². The third-order valence-electron chi connectivity index (χ3n) is 5.95. The molecule has 3 nitrogen and oxygen atoms in total. The lowest BCUT2D eigenvalue weighted by atomic mass is 9.78. The molecule has 1 aliphatic carbocycles. The number of likely N-dealkylation sites (tertiary alicyclic amines) is 1. The lowest BCUT2D eigenvalue weighted by Crippen LogP contribution is -2.44. The summed E-state index contributed by atoms with van der Waals surface area (Å²) >= 11 is 0. The molecule has 2 saturated heterocycles. The third-order valence-corrected chi connectivity index (χ3v) is 5.95. The molecule has 1 aromatic carbocycles. The van der Waals surface area contributed by atoms with Gasteiger partial charge in [-0.05, 0) is 49.8 Å². The van der Waals surface area contributed by atoms with E-state index in [1.54, 1.807) is 0 Å². The molecule has 1 N–H and O–H groups in total. The van der Waals surface area contributed by atoms with Crippen molar-refractivity contribution in [3.8, 4) is 0 Å². The molecular weight excluding hydrogens is 334 g/mol. The molecule has 4 rings (SSSR count). The number of nitrogens with zero attached hydrogens (tertiary/aromatic N) is 1. The molecular formula is C18H23ClF2N2O. The number of piperidine rings is 1. The van der Waals surface area contributed by atoms with Crippen LogP contribution in [0.3, 0.4) is 0 Å². The van der Waals surface area contributed by atoms with Crippen LogP contribution in [0.5, 0.6) is 0 Å². The van der Waals surface area contributed by atoms with Crippen molar-refractivity contribution in [2.45, 2.75) is 31.6 Å². The molecule has 1 spiro atoms. The first-order chi connectivity index (χ1) is 11.1. The Balaban J connectivity index is 0.00000169. The standard InChI is InChI=1S/C18H22F2N2O.ClH/c19-14-2-1-3-15(20)16(14)12-10-13(12)17(23)22-8-5-18(6-9-22)4-7-21-11-18;/h1-3,12-13,21H,4-11H2;1H. The van der Waals surface area contributed by atoms with Crippen molar-refractivity contribution in [1.82, 2.24) is 10.2 Å². The maximum absolute atomic E-state index is 13.8. The van der Waals surface area contributed by atoms with E-state index in [0.29, 0.717) is 11.8 Å². The second kappa shape index (κ2) is 6.60. The van der Waals surface area contributed by atoms with E-state index in [4.69, 9.17) is 0 Å². The average molecular weight is 357 g/mol. The zero-order chi connectivity index (χ0) is 16.0. The summed E-state index contributed by atoms with van der Waals surface area (Å²) in [6, 6.07) is 3.92. The molecule has 3 aliphatic rings. The van der Waals surface area contributed by atoms with Crippen molar-refractivity contribution in [2.75, 3.05) is 26.2 Å². The van der Waals surface area contributed by atoms with Crippen molar-refractivity contribution in [3.63, 3.8) is 0 Å². The highest BCUT2D eigenvalue weighted by Gasteiger charge is 2.49. The molecule has 1 aromatic rings. The summed E-state index contributed by atoms with van der Waals surface area (Å²) < 4.78 is 27.7. The summed E-state index contributed by atoms with van der Waals surface area (Å²) in [7, 11) is 0. The van der Waals surface area contributed by atoms with Crippen molar-refractivity contribution >= 4 is 18.3 Å². The fourth-order valence-corrected chi connectivity index (χ4v) is 4.31. The highest BCUT2D eigenvalue weighted by molar-refractivity contribution is 5.85. The van der Waals surface area contributed by atoms with Gasteiger partial charge >= 0.3 is 0 Å². The van der Waals surface area contributed by atoms with Crippen molar-refractivity contribution in [1.29, 1.82) is 0 Å². The van der Waals surface area contributed by atoms with Gasteiger partial charge in [0.15, 0.2) is 0 Å². The van der Waals surface area contributed by atoms with Gasteiger partial charge in [0.05, 0.1) is 0 Å². The molecule has 132 valence electrons. The maximum atomic E-state index is 13.8. The summed E-state index contributed by atoms with van der Waals surface area (Å²) in [5.74, 6) is -1.50. The summed E-state index contributed by atoms with van der Waals surface area (Å²) in [4.78, 5) is 14.5. The summed E-state index contributed by atoms with van der Waals surface area (Å²) in [6.07, 6.45) is 3.84. The lowest BCUT2D eigenvalue weighted by molar-refractivity contribution is -0.134. The number of halogens is 3. The predicted molar refractivity (Wildman–Crippen MR) is 90.2 cm³/mol. The quantitative estimate of drug-likeness (QED) is 0.883. The minimum Gasteiger partial charge on any atom is -0.342 e. The zero-order valence-electron chi connectivity index (χ0n) is 13.6. The number of hydrogen-bond acceptors (Lipinski definition) is 2. The Bertz CT molecular complexity index is 603. The molecule has 0 bridgehead atoms. The molecule has 0 aromatic heterocycles. The van der Waals surface area contributed by atoms with Crippen LogP contribution < -0.4 is 5.32 Å². The molecule has 1 saturated carbocycles. The predicted octanol–water partition coefficient (Wildman–Crippen LogP) is 3.09. The molecule has 2 aliphatic heterocycles. The van der Waals surface area contributed by atoms with Crippen LogP contribution in [-0.4, -0.2) is 37.0 Å². The molecule has 2 heterocycles. The van der Waals surface area contributed by atoms with E-state index in [1.165, 1.54) is 24.6 Å². The highest BCUT2D eigenvalue weighted by Crippen LogP contribution is 2.50. The molecule has 2 atom stereocenters. The Morgan fingerprint density at radius 2 is 1.83 bits per heavy atom. The first kappa shape index (κ1) is 17.6. The van der Waals surface area contributed by atoms with Gasteiger partial charge in [0, 0.05) is 37.0 Å². The minimum atomic E-state index is -0.528. The molecule has 6 heteroatoms. The fourth-order valence-electron chi connectivity index (χ4n) is 4.31. The largest absolute Gasteiger partial charge is 0.342 e. The number of amides is 1. The molecule has 2 unspecified atom stereocenters. The Morgan fingerprint density at radius 1 is 1.17 bits per heavy atom. The molecule has 0 radical (unpaired) electrons. The summed E-state index contributed by atoms with van der Waals surface area (Å²) in [5, 5.41) is 3.42. The first-order valence-electron chi connectivity index (χ1n) is 8.53. The number of carbonyl (C=O) groups is 1. The second-order valence-electron chi connectivity index (χ2n) is 7.34. The van der Waals surface area contributed by atoms with E-state index >= 15 is 0 Å². The normalized spacial score (nSPS) is 27.8. The van der Waals surface area contributed by atoms with Crippen LogP contribution in [0.15, 0.2) is 18.2 Å².